The molecule has 2 rings (SSSR count). The first-order valence-electron chi connectivity index (χ1n) is 5.29. The molecule has 1 aromatic heterocycles. The minimum absolute atomic E-state index is 0.199. The van der Waals surface area contributed by atoms with Gasteiger partial charge in [0, 0.05) is 10.6 Å². The topological polar surface area (TPSA) is 62.7 Å². The molecule has 19 heavy (non-hydrogen) atoms. The number of pyridine rings is 1. The molecule has 2 N–H and O–H groups in total. The summed E-state index contributed by atoms with van der Waals surface area (Å²) in [6.07, 6.45) is 1.69. The summed E-state index contributed by atoms with van der Waals surface area (Å²) < 4.78 is 0. The van der Waals surface area contributed by atoms with Crippen molar-refractivity contribution >= 4 is 40.5 Å². The van der Waals surface area contributed by atoms with E-state index in [4.69, 9.17) is 45.8 Å². The molecule has 0 saturated carbocycles. The summed E-state index contributed by atoms with van der Waals surface area (Å²) in [7, 11) is 0. The molecule has 0 spiro atoms. The van der Waals surface area contributed by atoms with Gasteiger partial charge in [0.15, 0.2) is 0 Å². The normalized spacial score (nSPS) is 10.2. The van der Waals surface area contributed by atoms with Gasteiger partial charge in [-0.25, -0.2) is 0 Å². The lowest BCUT2D eigenvalue weighted by atomic mass is 10.1. The van der Waals surface area contributed by atoms with E-state index >= 15 is 0 Å². The van der Waals surface area contributed by atoms with Crippen LogP contribution in [0.3, 0.4) is 0 Å². The van der Waals surface area contributed by atoms with Crippen molar-refractivity contribution in [2.75, 3.05) is 5.73 Å². The Bertz CT molecular complexity index is 654. The Morgan fingerprint density at radius 1 is 1.16 bits per heavy atom. The van der Waals surface area contributed by atoms with E-state index in [1.54, 1.807) is 18.2 Å². The van der Waals surface area contributed by atoms with Gasteiger partial charge in [-0.15, -0.1) is 0 Å². The van der Waals surface area contributed by atoms with Crippen LogP contribution in [0.4, 0.5) is 5.69 Å². The zero-order valence-electron chi connectivity index (χ0n) is 9.62. The molecule has 1 aromatic carbocycles. The van der Waals surface area contributed by atoms with Crippen LogP contribution in [0.1, 0.15) is 5.56 Å². The Kier molecular flexibility index (Phi) is 4.16. The van der Waals surface area contributed by atoms with Gasteiger partial charge in [0.05, 0.1) is 40.1 Å². The van der Waals surface area contributed by atoms with Gasteiger partial charge >= 0.3 is 0 Å². The molecular weight excluding hydrogens is 305 g/mol. The number of nitrogens with zero attached hydrogens (tertiary/aromatic N) is 2. The van der Waals surface area contributed by atoms with Gasteiger partial charge < -0.3 is 5.73 Å². The highest BCUT2D eigenvalue weighted by molar-refractivity contribution is 6.41. The zero-order chi connectivity index (χ0) is 14.0. The van der Waals surface area contributed by atoms with E-state index in [9.17, 15) is 0 Å². The van der Waals surface area contributed by atoms with Gasteiger partial charge in [-0.3, -0.25) is 4.98 Å². The van der Waals surface area contributed by atoms with Crippen LogP contribution in [0.2, 0.25) is 15.1 Å². The van der Waals surface area contributed by atoms with Gasteiger partial charge in [-0.2, -0.15) is 5.26 Å². The predicted octanol–water partition coefficient (Wildman–Crippen LogP) is 4.36. The second kappa shape index (κ2) is 5.66. The molecule has 0 aliphatic rings. The van der Waals surface area contributed by atoms with Crippen molar-refractivity contribution in [3.05, 3.63) is 45.0 Å². The third kappa shape index (κ3) is 2.93. The number of benzene rings is 1. The second-order valence-electron chi connectivity index (χ2n) is 3.85. The van der Waals surface area contributed by atoms with Crippen LogP contribution < -0.4 is 5.73 Å². The number of aromatic nitrogens is 1. The lowest BCUT2D eigenvalue weighted by molar-refractivity contribution is 1.22. The molecule has 0 saturated heterocycles. The third-order valence-corrected chi connectivity index (χ3v) is 3.37. The number of hydrogen-bond acceptors (Lipinski definition) is 3. The highest BCUT2D eigenvalue weighted by atomic mass is 35.5. The Labute approximate surface area is 125 Å². The maximum atomic E-state index is 8.76. The molecule has 2 aromatic rings. The van der Waals surface area contributed by atoms with E-state index in [-0.39, 0.29) is 6.42 Å². The summed E-state index contributed by atoms with van der Waals surface area (Å²) >= 11 is 18.1. The standard InChI is InChI=1S/C13H8Cl3N3/c14-8-4-9(15)13(10(16)5-8)12-3-7(1-2-17)11(18)6-19-12/h3-6H,1,18H2. The molecule has 0 radical (unpaired) electrons. The number of nitrogens with two attached hydrogens (primary N) is 1. The average Bonchev–Trinajstić information content (AvgIpc) is 2.32. The summed E-state index contributed by atoms with van der Waals surface area (Å²) in [5, 5.41) is 10.0. The van der Waals surface area contributed by atoms with Crippen molar-refractivity contribution in [1.29, 1.82) is 5.26 Å². The van der Waals surface area contributed by atoms with Gasteiger partial charge in [0.1, 0.15) is 0 Å². The van der Waals surface area contributed by atoms with Gasteiger partial charge in [-0.1, -0.05) is 34.8 Å². The van der Waals surface area contributed by atoms with Gasteiger partial charge in [0.25, 0.3) is 0 Å². The van der Waals surface area contributed by atoms with Crippen LogP contribution in [0.15, 0.2) is 24.4 Å². The van der Waals surface area contributed by atoms with Crippen LogP contribution in [0, 0.1) is 11.3 Å². The van der Waals surface area contributed by atoms with Crippen LogP contribution in [0.5, 0.6) is 0 Å². The number of hydrogen-bond donors (Lipinski definition) is 1. The number of rotatable bonds is 2. The fraction of sp³-hybridized carbons (Fsp3) is 0.0769. The van der Waals surface area contributed by atoms with Crippen molar-refractivity contribution in [3.63, 3.8) is 0 Å². The van der Waals surface area contributed by atoms with E-state index in [1.165, 1.54) is 6.20 Å². The van der Waals surface area contributed by atoms with E-state index in [1.807, 2.05) is 6.07 Å². The lowest BCUT2D eigenvalue weighted by Crippen LogP contribution is -1.97. The maximum Gasteiger partial charge on any atom is 0.0736 e. The van der Waals surface area contributed by atoms with E-state index in [0.29, 0.717) is 37.6 Å². The Morgan fingerprint density at radius 2 is 1.79 bits per heavy atom. The highest BCUT2D eigenvalue weighted by Crippen LogP contribution is 2.36. The summed E-state index contributed by atoms with van der Waals surface area (Å²) in [6.45, 7) is 0. The van der Waals surface area contributed by atoms with Crippen LogP contribution in [0.25, 0.3) is 11.3 Å². The second-order valence-corrected chi connectivity index (χ2v) is 5.10. The fourth-order valence-corrected chi connectivity index (χ4v) is 2.68. The summed E-state index contributed by atoms with van der Waals surface area (Å²) in [6, 6.07) is 6.93. The molecule has 0 bridgehead atoms. The molecular formula is C13H8Cl3N3. The zero-order valence-corrected chi connectivity index (χ0v) is 11.9. The summed E-state index contributed by atoms with van der Waals surface area (Å²) in [5.41, 5.74) is 8.04. The number of nitrogen functional groups attached to an aromatic ring is 1. The average molecular weight is 313 g/mol. The number of nitriles is 1. The van der Waals surface area contributed by atoms with Gasteiger partial charge in [0.2, 0.25) is 0 Å². The Morgan fingerprint density at radius 3 is 2.37 bits per heavy atom. The monoisotopic (exact) mass is 311 g/mol. The SMILES string of the molecule is N#CCc1cc(-c2c(Cl)cc(Cl)cc2Cl)ncc1N. The first kappa shape index (κ1) is 14.0. The Balaban J connectivity index is 2.60. The minimum atomic E-state index is 0.199. The molecule has 0 aliphatic heterocycles. The lowest BCUT2D eigenvalue weighted by Gasteiger charge is -2.09. The Hall–Kier alpha value is -1.47. The molecule has 0 unspecified atom stereocenters. The first-order valence-corrected chi connectivity index (χ1v) is 6.42. The van der Waals surface area contributed by atoms with Crippen molar-refractivity contribution in [2.45, 2.75) is 6.42 Å². The predicted molar refractivity (Wildman–Crippen MR) is 78.4 cm³/mol. The van der Waals surface area contributed by atoms with Gasteiger partial charge in [-0.05, 0) is 23.8 Å². The molecule has 0 amide bonds. The molecule has 0 fully saturated rings. The van der Waals surface area contributed by atoms with Crippen molar-refractivity contribution in [3.8, 4) is 17.3 Å². The first-order chi connectivity index (χ1) is 9.02. The van der Waals surface area contributed by atoms with E-state index < -0.39 is 0 Å². The number of halogens is 3. The smallest absolute Gasteiger partial charge is 0.0736 e. The van der Waals surface area contributed by atoms with Crippen molar-refractivity contribution in [1.82, 2.24) is 4.98 Å². The number of anilines is 1. The quantitative estimate of drug-likeness (QED) is 0.896. The van der Waals surface area contributed by atoms with E-state index in [0.717, 1.165) is 0 Å². The van der Waals surface area contributed by atoms with Crippen LogP contribution in [-0.4, -0.2) is 4.98 Å². The largest absolute Gasteiger partial charge is 0.397 e. The highest BCUT2D eigenvalue weighted by Gasteiger charge is 2.13. The summed E-state index contributed by atoms with van der Waals surface area (Å²) in [5.74, 6) is 0. The third-order valence-electron chi connectivity index (χ3n) is 2.56. The molecule has 0 atom stereocenters. The van der Waals surface area contributed by atoms with Crippen molar-refractivity contribution in [2.24, 2.45) is 0 Å². The van der Waals surface area contributed by atoms with Crippen molar-refractivity contribution < 1.29 is 0 Å². The molecule has 96 valence electrons. The van der Waals surface area contributed by atoms with Crippen LogP contribution in [-0.2, 0) is 6.42 Å². The van der Waals surface area contributed by atoms with E-state index in [2.05, 4.69) is 4.98 Å². The van der Waals surface area contributed by atoms with Crippen LogP contribution >= 0.6 is 34.8 Å². The molecule has 1 heterocycles. The fourth-order valence-electron chi connectivity index (χ4n) is 1.67. The minimum Gasteiger partial charge on any atom is -0.397 e. The summed E-state index contributed by atoms with van der Waals surface area (Å²) in [4.78, 5) is 4.20. The maximum absolute atomic E-state index is 8.76. The molecule has 6 heteroatoms. The molecule has 3 nitrogen and oxygen atoms in total. The molecule has 0 aliphatic carbocycles.